The van der Waals surface area contributed by atoms with Crippen molar-refractivity contribution in [3.8, 4) is 11.5 Å². The molecule has 7 heteroatoms. The Kier molecular flexibility index (Phi) is 5.46. The van der Waals surface area contributed by atoms with Crippen LogP contribution in [0.2, 0.25) is 0 Å². The van der Waals surface area contributed by atoms with Crippen molar-refractivity contribution in [2.75, 3.05) is 13.2 Å². The van der Waals surface area contributed by atoms with Crippen LogP contribution in [0.15, 0.2) is 28.2 Å². The molecule has 1 rings (SSSR count). The van der Waals surface area contributed by atoms with E-state index in [4.69, 9.17) is 26.7 Å². The van der Waals surface area contributed by atoms with Gasteiger partial charge in [0.1, 0.15) is 5.69 Å². The molecule has 0 heterocycles. The van der Waals surface area contributed by atoms with Crippen LogP contribution >= 0.6 is 0 Å². The Bertz CT molecular complexity index is 481. The highest BCUT2D eigenvalue weighted by Gasteiger charge is 2.10. The molecule has 0 saturated carbocycles. The first-order valence-electron chi connectivity index (χ1n) is 5.90. The van der Waals surface area contributed by atoms with E-state index in [1.807, 2.05) is 13.8 Å². The average Bonchev–Trinajstić information content (AvgIpc) is 2.32. The second kappa shape index (κ2) is 7.10. The van der Waals surface area contributed by atoms with E-state index in [9.17, 15) is 0 Å². The van der Waals surface area contributed by atoms with Gasteiger partial charge in [-0.25, -0.2) is 4.99 Å². The molecule has 0 aliphatic carbocycles. The zero-order chi connectivity index (χ0) is 14.3. The first kappa shape index (κ1) is 14.6. The van der Waals surface area contributed by atoms with Crippen LogP contribution in [0.4, 0.5) is 5.69 Å². The van der Waals surface area contributed by atoms with E-state index < -0.39 is 0 Å². The molecule has 0 bridgehead atoms. The summed E-state index contributed by atoms with van der Waals surface area (Å²) < 4.78 is 11.0. The van der Waals surface area contributed by atoms with Crippen molar-refractivity contribution in [3.05, 3.63) is 18.2 Å². The normalized spacial score (nSPS) is 10.9. The second-order valence-corrected chi connectivity index (χ2v) is 3.48. The molecule has 7 nitrogen and oxygen atoms in total. The molecule has 0 fully saturated rings. The number of guanidine groups is 2. The third-order valence-electron chi connectivity index (χ3n) is 2.03. The molecule has 0 atom stereocenters. The van der Waals surface area contributed by atoms with Crippen molar-refractivity contribution in [2.24, 2.45) is 27.2 Å². The lowest BCUT2D eigenvalue weighted by molar-refractivity contribution is 0.289. The van der Waals surface area contributed by atoms with Crippen LogP contribution in [0, 0.1) is 0 Å². The van der Waals surface area contributed by atoms with E-state index >= 15 is 0 Å². The molecule has 0 aliphatic rings. The van der Waals surface area contributed by atoms with Crippen molar-refractivity contribution >= 4 is 17.6 Å². The SMILES string of the molecule is CCOc1cccc(N=C(N)N=C(N)N)c1OCC. The quantitative estimate of drug-likeness (QED) is 0.534. The highest BCUT2D eigenvalue weighted by Crippen LogP contribution is 2.37. The minimum atomic E-state index is -0.153. The molecule has 0 unspecified atom stereocenters. The summed E-state index contributed by atoms with van der Waals surface area (Å²) in [6.45, 7) is 4.76. The van der Waals surface area contributed by atoms with E-state index in [2.05, 4.69) is 9.98 Å². The lowest BCUT2D eigenvalue weighted by Gasteiger charge is -2.12. The van der Waals surface area contributed by atoms with Crippen molar-refractivity contribution < 1.29 is 9.47 Å². The molecular formula is C12H19N5O2. The van der Waals surface area contributed by atoms with Crippen LogP contribution in [-0.2, 0) is 0 Å². The lowest BCUT2D eigenvalue weighted by atomic mass is 10.2. The molecule has 0 spiro atoms. The molecule has 1 aromatic rings. The Morgan fingerprint density at radius 3 is 2.37 bits per heavy atom. The summed E-state index contributed by atoms with van der Waals surface area (Å²) in [4.78, 5) is 7.76. The minimum absolute atomic E-state index is 0.0467. The lowest BCUT2D eigenvalue weighted by Crippen LogP contribution is -2.26. The van der Waals surface area contributed by atoms with Gasteiger partial charge in [0, 0.05) is 0 Å². The van der Waals surface area contributed by atoms with E-state index in [1.54, 1.807) is 18.2 Å². The van der Waals surface area contributed by atoms with Gasteiger partial charge >= 0.3 is 0 Å². The fraction of sp³-hybridized carbons (Fsp3) is 0.333. The highest BCUT2D eigenvalue weighted by molar-refractivity contribution is 5.94. The number of ether oxygens (including phenoxy) is 2. The Balaban J connectivity index is 3.19. The van der Waals surface area contributed by atoms with Gasteiger partial charge in [-0.3, -0.25) is 0 Å². The number of aliphatic imine (C=N–C) groups is 2. The first-order valence-corrected chi connectivity index (χ1v) is 5.90. The Morgan fingerprint density at radius 1 is 1.11 bits per heavy atom. The molecule has 0 radical (unpaired) electrons. The van der Waals surface area contributed by atoms with E-state index in [1.165, 1.54) is 0 Å². The van der Waals surface area contributed by atoms with Crippen LogP contribution in [0.1, 0.15) is 13.8 Å². The van der Waals surface area contributed by atoms with Crippen LogP contribution in [0.5, 0.6) is 11.5 Å². The highest BCUT2D eigenvalue weighted by atomic mass is 16.5. The van der Waals surface area contributed by atoms with Gasteiger partial charge in [-0.2, -0.15) is 4.99 Å². The van der Waals surface area contributed by atoms with Gasteiger partial charge in [-0.15, -0.1) is 0 Å². The monoisotopic (exact) mass is 265 g/mol. The van der Waals surface area contributed by atoms with Crippen molar-refractivity contribution in [1.82, 2.24) is 0 Å². The zero-order valence-corrected chi connectivity index (χ0v) is 11.1. The Hall–Kier alpha value is -2.44. The van der Waals surface area contributed by atoms with Gasteiger partial charge < -0.3 is 26.7 Å². The minimum Gasteiger partial charge on any atom is -0.490 e. The molecule has 0 saturated heterocycles. The average molecular weight is 265 g/mol. The first-order chi connectivity index (χ1) is 9.08. The summed E-state index contributed by atoms with van der Waals surface area (Å²) in [5.41, 5.74) is 16.6. The van der Waals surface area contributed by atoms with Gasteiger partial charge in [0.15, 0.2) is 17.5 Å². The van der Waals surface area contributed by atoms with Crippen LogP contribution in [-0.4, -0.2) is 25.1 Å². The maximum Gasteiger partial charge on any atom is 0.223 e. The predicted molar refractivity (Wildman–Crippen MR) is 75.9 cm³/mol. The summed E-state index contributed by atoms with van der Waals surface area (Å²) in [6, 6.07) is 5.32. The fourth-order valence-corrected chi connectivity index (χ4v) is 1.43. The van der Waals surface area contributed by atoms with Gasteiger partial charge in [-0.05, 0) is 26.0 Å². The van der Waals surface area contributed by atoms with E-state index in [-0.39, 0.29) is 11.9 Å². The number of rotatable bonds is 5. The largest absolute Gasteiger partial charge is 0.490 e. The molecule has 0 aromatic heterocycles. The van der Waals surface area contributed by atoms with E-state index in [0.29, 0.717) is 30.4 Å². The summed E-state index contributed by atoms with van der Waals surface area (Å²) in [5, 5.41) is 0. The van der Waals surface area contributed by atoms with Gasteiger partial charge in [0.05, 0.1) is 13.2 Å². The molecule has 19 heavy (non-hydrogen) atoms. The molecular weight excluding hydrogens is 246 g/mol. The second-order valence-electron chi connectivity index (χ2n) is 3.48. The smallest absolute Gasteiger partial charge is 0.223 e. The number of hydrogen-bond donors (Lipinski definition) is 3. The van der Waals surface area contributed by atoms with Crippen molar-refractivity contribution in [2.45, 2.75) is 13.8 Å². The topological polar surface area (TPSA) is 121 Å². The Morgan fingerprint density at radius 2 is 1.79 bits per heavy atom. The summed E-state index contributed by atoms with van der Waals surface area (Å²) >= 11 is 0. The number of hydrogen-bond acceptors (Lipinski definition) is 3. The predicted octanol–water partition coefficient (Wildman–Crippen LogP) is 0.704. The standard InChI is InChI=1S/C12H19N5O2/c1-3-18-9-7-5-6-8(10(9)19-4-2)16-12(15)17-11(13)14/h5-7H,3-4H2,1-2H3,(H6,13,14,15,16,17). The summed E-state index contributed by atoms with van der Waals surface area (Å²) in [7, 11) is 0. The van der Waals surface area contributed by atoms with Gasteiger partial charge in [0.2, 0.25) is 5.96 Å². The van der Waals surface area contributed by atoms with Crippen molar-refractivity contribution in [1.29, 1.82) is 0 Å². The molecule has 6 N–H and O–H groups in total. The molecule has 0 amide bonds. The Labute approximate surface area is 112 Å². The number of benzene rings is 1. The summed E-state index contributed by atoms with van der Waals surface area (Å²) in [6.07, 6.45) is 0. The summed E-state index contributed by atoms with van der Waals surface area (Å²) in [5.74, 6) is 0.915. The van der Waals surface area contributed by atoms with Crippen LogP contribution in [0.25, 0.3) is 0 Å². The third kappa shape index (κ3) is 4.38. The zero-order valence-electron chi connectivity index (χ0n) is 11.1. The molecule has 104 valence electrons. The van der Waals surface area contributed by atoms with Gasteiger partial charge in [0.25, 0.3) is 0 Å². The van der Waals surface area contributed by atoms with E-state index in [0.717, 1.165) is 0 Å². The maximum absolute atomic E-state index is 5.60. The number of nitrogens with two attached hydrogens (primary N) is 3. The fourth-order valence-electron chi connectivity index (χ4n) is 1.43. The maximum atomic E-state index is 5.60. The molecule has 0 aliphatic heterocycles. The van der Waals surface area contributed by atoms with Crippen LogP contribution < -0.4 is 26.7 Å². The third-order valence-corrected chi connectivity index (χ3v) is 2.03. The van der Waals surface area contributed by atoms with Crippen LogP contribution in [0.3, 0.4) is 0 Å². The number of nitrogens with zero attached hydrogens (tertiary/aromatic N) is 2. The van der Waals surface area contributed by atoms with Gasteiger partial charge in [-0.1, -0.05) is 6.07 Å². The molecule has 1 aromatic carbocycles. The van der Waals surface area contributed by atoms with Crippen molar-refractivity contribution in [3.63, 3.8) is 0 Å². The number of para-hydroxylation sites is 1.